The van der Waals surface area contributed by atoms with Crippen molar-refractivity contribution in [2.24, 2.45) is 10.8 Å². The highest BCUT2D eigenvalue weighted by Gasteiger charge is 2.49. The van der Waals surface area contributed by atoms with Crippen LogP contribution in [-0.4, -0.2) is 11.7 Å². The van der Waals surface area contributed by atoms with Crippen LogP contribution in [0.5, 0.6) is 0 Å². The molecular formula is C13H20O. The third kappa shape index (κ3) is 1.26. The predicted molar refractivity (Wildman–Crippen MR) is 59.0 cm³/mol. The molecule has 0 spiro atoms. The van der Waals surface area contributed by atoms with Crippen molar-refractivity contribution in [3.8, 4) is 0 Å². The van der Waals surface area contributed by atoms with E-state index in [1.807, 2.05) is 0 Å². The summed E-state index contributed by atoms with van der Waals surface area (Å²) in [6.45, 7) is 4.78. The summed E-state index contributed by atoms with van der Waals surface area (Å²) in [6, 6.07) is 0. The highest BCUT2D eigenvalue weighted by Crippen LogP contribution is 2.57. The van der Waals surface area contributed by atoms with E-state index in [-0.39, 0.29) is 10.8 Å². The van der Waals surface area contributed by atoms with Gasteiger partial charge < -0.3 is 5.11 Å². The third-order valence-corrected chi connectivity index (χ3v) is 4.39. The molecule has 0 aromatic carbocycles. The van der Waals surface area contributed by atoms with Crippen LogP contribution in [0.15, 0.2) is 23.8 Å². The molecule has 1 heteroatoms. The second kappa shape index (κ2) is 3.23. The molecule has 1 nitrogen and oxygen atoms in total. The molecule has 2 aliphatic carbocycles. The molecule has 78 valence electrons. The van der Waals surface area contributed by atoms with Crippen molar-refractivity contribution in [1.82, 2.24) is 0 Å². The second-order valence-corrected chi connectivity index (χ2v) is 5.20. The van der Waals surface area contributed by atoms with Crippen molar-refractivity contribution in [2.45, 2.75) is 39.5 Å². The Morgan fingerprint density at radius 3 is 2.50 bits per heavy atom. The van der Waals surface area contributed by atoms with E-state index in [9.17, 15) is 5.11 Å². The van der Waals surface area contributed by atoms with E-state index in [0.717, 1.165) is 6.42 Å². The van der Waals surface area contributed by atoms with Crippen LogP contribution >= 0.6 is 0 Å². The monoisotopic (exact) mass is 192 g/mol. The Morgan fingerprint density at radius 1 is 1.43 bits per heavy atom. The zero-order valence-electron chi connectivity index (χ0n) is 9.21. The first kappa shape index (κ1) is 9.97. The van der Waals surface area contributed by atoms with Gasteiger partial charge in [-0.25, -0.2) is 0 Å². The smallest absolute Gasteiger partial charge is 0.0495 e. The molecule has 1 saturated carbocycles. The molecule has 14 heavy (non-hydrogen) atoms. The summed E-state index contributed by atoms with van der Waals surface area (Å²) in [4.78, 5) is 0. The van der Waals surface area contributed by atoms with Crippen molar-refractivity contribution in [3.63, 3.8) is 0 Å². The SMILES string of the molecule is CC1=CCC(C)(C2(CO)CCC2)C=C1. The van der Waals surface area contributed by atoms with Crippen molar-refractivity contribution < 1.29 is 5.11 Å². The van der Waals surface area contributed by atoms with Gasteiger partial charge in [0.25, 0.3) is 0 Å². The zero-order valence-corrected chi connectivity index (χ0v) is 9.21. The molecule has 0 bridgehead atoms. The van der Waals surface area contributed by atoms with Crippen molar-refractivity contribution in [2.75, 3.05) is 6.61 Å². The average molecular weight is 192 g/mol. The quantitative estimate of drug-likeness (QED) is 0.713. The van der Waals surface area contributed by atoms with Crippen LogP contribution < -0.4 is 0 Å². The first-order chi connectivity index (χ1) is 6.62. The van der Waals surface area contributed by atoms with Gasteiger partial charge in [-0.15, -0.1) is 0 Å². The molecule has 0 radical (unpaired) electrons. The normalized spacial score (nSPS) is 34.9. The Hall–Kier alpha value is -0.560. The van der Waals surface area contributed by atoms with Gasteiger partial charge in [-0.2, -0.15) is 0 Å². The van der Waals surface area contributed by atoms with Gasteiger partial charge in [-0.3, -0.25) is 0 Å². The van der Waals surface area contributed by atoms with Crippen molar-refractivity contribution >= 4 is 0 Å². The largest absolute Gasteiger partial charge is 0.396 e. The first-order valence-electron chi connectivity index (χ1n) is 5.59. The van der Waals surface area contributed by atoms with Gasteiger partial charge in [0.1, 0.15) is 0 Å². The Bertz CT molecular complexity index is 278. The van der Waals surface area contributed by atoms with Gasteiger partial charge in [0.05, 0.1) is 0 Å². The topological polar surface area (TPSA) is 20.2 Å². The number of aliphatic hydroxyl groups is 1. The number of hydrogen-bond donors (Lipinski definition) is 1. The summed E-state index contributed by atoms with van der Waals surface area (Å²) in [5.74, 6) is 0. The number of aliphatic hydroxyl groups excluding tert-OH is 1. The molecule has 0 aliphatic heterocycles. The van der Waals surface area contributed by atoms with Crippen molar-refractivity contribution in [1.29, 1.82) is 0 Å². The lowest BCUT2D eigenvalue weighted by molar-refractivity contribution is -0.0458. The summed E-state index contributed by atoms with van der Waals surface area (Å²) in [5, 5.41) is 9.57. The number of rotatable bonds is 2. The fourth-order valence-corrected chi connectivity index (χ4v) is 2.73. The minimum Gasteiger partial charge on any atom is -0.396 e. The average Bonchev–Trinajstić information content (AvgIpc) is 2.10. The van der Waals surface area contributed by atoms with Gasteiger partial charge in [0, 0.05) is 12.0 Å². The lowest BCUT2D eigenvalue weighted by Gasteiger charge is -2.53. The Kier molecular flexibility index (Phi) is 2.30. The standard InChI is InChI=1S/C13H20O/c1-11-4-8-12(2,9-5-11)13(10-14)6-3-7-13/h4-5,8,14H,3,6-7,9-10H2,1-2H3. The summed E-state index contributed by atoms with van der Waals surface area (Å²) < 4.78 is 0. The van der Waals surface area contributed by atoms with Gasteiger partial charge in [-0.1, -0.05) is 37.1 Å². The maximum atomic E-state index is 9.57. The van der Waals surface area contributed by atoms with Crippen LogP contribution in [0.4, 0.5) is 0 Å². The lowest BCUT2D eigenvalue weighted by Crippen LogP contribution is -2.47. The molecular weight excluding hydrogens is 172 g/mol. The third-order valence-electron chi connectivity index (χ3n) is 4.39. The van der Waals surface area contributed by atoms with E-state index in [1.165, 1.54) is 24.8 Å². The van der Waals surface area contributed by atoms with E-state index in [2.05, 4.69) is 32.1 Å². The van der Waals surface area contributed by atoms with E-state index in [4.69, 9.17) is 0 Å². The van der Waals surface area contributed by atoms with Gasteiger partial charge >= 0.3 is 0 Å². The molecule has 0 amide bonds. The fourth-order valence-electron chi connectivity index (χ4n) is 2.73. The van der Waals surface area contributed by atoms with E-state index in [0.29, 0.717) is 6.61 Å². The first-order valence-corrected chi connectivity index (χ1v) is 5.59. The number of allylic oxidation sites excluding steroid dienone is 4. The van der Waals surface area contributed by atoms with Crippen LogP contribution in [0.3, 0.4) is 0 Å². The van der Waals surface area contributed by atoms with Crippen molar-refractivity contribution in [3.05, 3.63) is 23.8 Å². The molecule has 0 aromatic rings. The maximum Gasteiger partial charge on any atom is 0.0495 e. The number of hydrogen-bond acceptors (Lipinski definition) is 1. The van der Waals surface area contributed by atoms with E-state index < -0.39 is 0 Å². The second-order valence-electron chi connectivity index (χ2n) is 5.20. The van der Waals surface area contributed by atoms with Crippen LogP contribution in [0.2, 0.25) is 0 Å². The summed E-state index contributed by atoms with van der Waals surface area (Å²) in [7, 11) is 0. The van der Waals surface area contributed by atoms with Gasteiger partial charge in [0.15, 0.2) is 0 Å². The minimum absolute atomic E-state index is 0.181. The highest BCUT2D eigenvalue weighted by atomic mass is 16.3. The molecule has 2 rings (SSSR count). The molecule has 1 fully saturated rings. The molecule has 0 saturated heterocycles. The van der Waals surface area contributed by atoms with Crippen LogP contribution in [-0.2, 0) is 0 Å². The predicted octanol–water partition coefficient (Wildman–Crippen LogP) is 3.06. The minimum atomic E-state index is 0.181. The Morgan fingerprint density at radius 2 is 2.14 bits per heavy atom. The summed E-state index contributed by atoms with van der Waals surface area (Å²) >= 11 is 0. The zero-order chi connectivity index (χ0) is 10.2. The molecule has 0 heterocycles. The summed E-state index contributed by atoms with van der Waals surface area (Å²) in [6.07, 6.45) is 11.6. The van der Waals surface area contributed by atoms with Gasteiger partial charge in [-0.05, 0) is 31.6 Å². The molecule has 1 N–H and O–H groups in total. The fraction of sp³-hybridized carbons (Fsp3) is 0.692. The Labute approximate surface area is 86.5 Å². The van der Waals surface area contributed by atoms with Gasteiger partial charge in [0.2, 0.25) is 0 Å². The molecule has 0 aromatic heterocycles. The Balaban J connectivity index is 2.21. The summed E-state index contributed by atoms with van der Waals surface area (Å²) in [5.41, 5.74) is 1.73. The molecule has 2 aliphatic rings. The van der Waals surface area contributed by atoms with Crippen LogP contribution in [0, 0.1) is 10.8 Å². The lowest BCUT2D eigenvalue weighted by atomic mass is 9.52. The van der Waals surface area contributed by atoms with E-state index >= 15 is 0 Å². The van der Waals surface area contributed by atoms with E-state index in [1.54, 1.807) is 0 Å². The highest BCUT2D eigenvalue weighted by molar-refractivity contribution is 5.27. The van der Waals surface area contributed by atoms with Crippen LogP contribution in [0.1, 0.15) is 39.5 Å². The molecule has 1 unspecified atom stereocenters. The maximum absolute atomic E-state index is 9.57. The van der Waals surface area contributed by atoms with Crippen LogP contribution in [0.25, 0.3) is 0 Å². The molecule has 1 atom stereocenters.